The zero-order valence-corrected chi connectivity index (χ0v) is 15.4. The number of nitrogens with one attached hydrogen (secondary N) is 1. The number of ether oxygens (including phenoxy) is 2. The van der Waals surface area contributed by atoms with Gasteiger partial charge in [0, 0.05) is 43.8 Å². The van der Waals surface area contributed by atoms with Gasteiger partial charge in [0.05, 0.1) is 24.8 Å². The summed E-state index contributed by atoms with van der Waals surface area (Å²) in [5.41, 5.74) is 2.16. The van der Waals surface area contributed by atoms with Gasteiger partial charge in [-0.2, -0.15) is 0 Å². The Morgan fingerprint density at radius 3 is 2.85 bits per heavy atom. The summed E-state index contributed by atoms with van der Waals surface area (Å²) in [5.74, 6) is 0. The van der Waals surface area contributed by atoms with Crippen molar-refractivity contribution in [2.24, 2.45) is 0 Å². The largest absolute Gasteiger partial charge is 0.390 e. The van der Waals surface area contributed by atoms with Gasteiger partial charge in [-0.1, -0.05) is 6.07 Å². The summed E-state index contributed by atoms with van der Waals surface area (Å²) in [6, 6.07) is 9.45. The Bertz CT molecular complexity index is 718. The summed E-state index contributed by atoms with van der Waals surface area (Å²) in [6.45, 7) is 1.92. The highest BCUT2D eigenvalue weighted by molar-refractivity contribution is 5.11. The second-order valence-corrected chi connectivity index (χ2v) is 7.17. The van der Waals surface area contributed by atoms with E-state index in [0.717, 1.165) is 24.2 Å². The minimum Gasteiger partial charge on any atom is -0.390 e. The molecule has 0 aliphatic carbocycles. The minimum absolute atomic E-state index is 0.132. The van der Waals surface area contributed by atoms with Crippen LogP contribution in [0.25, 0.3) is 0 Å². The summed E-state index contributed by atoms with van der Waals surface area (Å²) in [7, 11) is 2.00. The van der Waals surface area contributed by atoms with Crippen LogP contribution in [-0.2, 0) is 22.4 Å². The van der Waals surface area contributed by atoms with E-state index in [1.54, 1.807) is 18.6 Å². The van der Waals surface area contributed by atoms with Gasteiger partial charge in [-0.25, -0.2) is 0 Å². The van der Waals surface area contributed by atoms with E-state index in [9.17, 15) is 5.11 Å². The van der Waals surface area contributed by atoms with Crippen molar-refractivity contribution in [1.82, 2.24) is 20.2 Å². The predicted octanol–water partition coefficient (Wildman–Crippen LogP) is 0.594. The van der Waals surface area contributed by atoms with Crippen molar-refractivity contribution in [3.63, 3.8) is 0 Å². The predicted molar refractivity (Wildman–Crippen MR) is 99.8 cm³/mol. The van der Waals surface area contributed by atoms with Crippen LogP contribution in [0, 0.1) is 0 Å². The molecule has 0 amide bonds. The first-order valence-electron chi connectivity index (χ1n) is 9.40. The Balaban J connectivity index is 1.39. The lowest BCUT2D eigenvalue weighted by Gasteiger charge is -2.42. The third-order valence-corrected chi connectivity index (χ3v) is 5.38. The first-order chi connectivity index (χ1) is 13.2. The molecule has 4 rings (SSSR count). The number of nitrogens with zero attached hydrogens (tertiary/aromatic N) is 3. The van der Waals surface area contributed by atoms with Crippen LogP contribution in [0.3, 0.4) is 0 Å². The molecule has 2 aromatic heterocycles. The molecule has 7 heteroatoms. The van der Waals surface area contributed by atoms with Crippen molar-refractivity contribution >= 4 is 0 Å². The van der Waals surface area contributed by atoms with Crippen molar-refractivity contribution in [1.29, 1.82) is 0 Å². The molecule has 0 saturated carbocycles. The third-order valence-electron chi connectivity index (χ3n) is 5.38. The number of aliphatic hydroxyl groups is 1. The number of hydrogen-bond acceptors (Lipinski definition) is 7. The van der Waals surface area contributed by atoms with Crippen molar-refractivity contribution in [3.05, 3.63) is 60.2 Å². The summed E-state index contributed by atoms with van der Waals surface area (Å²) in [4.78, 5) is 10.5. The van der Waals surface area contributed by atoms with Gasteiger partial charge in [0.25, 0.3) is 0 Å². The van der Waals surface area contributed by atoms with E-state index in [1.165, 1.54) is 0 Å². The van der Waals surface area contributed by atoms with Gasteiger partial charge in [-0.15, -0.1) is 0 Å². The highest BCUT2D eigenvalue weighted by Crippen LogP contribution is 2.31. The monoisotopic (exact) mass is 370 g/mol. The van der Waals surface area contributed by atoms with E-state index in [4.69, 9.17) is 9.47 Å². The van der Waals surface area contributed by atoms with Crippen LogP contribution < -0.4 is 5.32 Å². The van der Waals surface area contributed by atoms with Crippen LogP contribution in [-0.4, -0.2) is 70.8 Å². The molecule has 2 bridgehead atoms. The number of hydrogen-bond donors (Lipinski definition) is 2. The number of fused-ring (bicyclic) bond motifs is 2. The fourth-order valence-electron chi connectivity index (χ4n) is 3.84. The first-order valence-corrected chi connectivity index (χ1v) is 9.40. The summed E-state index contributed by atoms with van der Waals surface area (Å²) >= 11 is 0. The van der Waals surface area contributed by atoms with Gasteiger partial charge in [-0.05, 0) is 36.9 Å². The summed E-state index contributed by atoms with van der Waals surface area (Å²) in [5, 5.41) is 14.5. The molecule has 0 radical (unpaired) electrons. The molecule has 2 fully saturated rings. The van der Waals surface area contributed by atoms with Gasteiger partial charge in [0.2, 0.25) is 0 Å². The molecular weight excluding hydrogens is 344 g/mol. The normalized spacial score (nSPS) is 30.0. The highest BCUT2D eigenvalue weighted by Gasteiger charge is 2.51. The van der Waals surface area contributed by atoms with E-state index in [0.29, 0.717) is 13.2 Å². The maximum atomic E-state index is 11.1. The molecule has 2 aliphatic heterocycles. The zero-order valence-electron chi connectivity index (χ0n) is 15.4. The van der Waals surface area contributed by atoms with Gasteiger partial charge >= 0.3 is 0 Å². The fourth-order valence-corrected chi connectivity index (χ4v) is 3.84. The van der Waals surface area contributed by atoms with E-state index >= 15 is 0 Å². The van der Waals surface area contributed by atoms with Crippen LogP contribution in [0.2, 0.25) is 0 Å². The minimum atomic E-state index is -0.577. The number of pyridine rings is 2. The number of aliphatic hydroxyl groups excluding tert-OH is 1. The Labute approximate surface area is 159 Å². The first kappa shape index (κ1) is 18.5. The van der Waals surface area contributed by atoms with Crippen molar-refractivity contribution in [3.8, 4) is 0 Å². The summed E-state index contributed by atoms with van der Waals surface area (Å²) in [6.07, 6.45) is 5.06. The van der Waals surface area contributed by atoms with Crippen molar-refractivity contribution in [2.75, 3.05) is 20.2 Å². The molecule has 144 valence electrons. The molecule has 27 heavy (non-hydrogen) atoms. The fraction of sp³-hybridized carbons (Fsp3) is 0.500. The number of rotatable bonds is 7. The summed E-state index contributed by atoms with van der Waals surface area (Å²) < 4.78 is 11.9. The molecule has 4 heterocycles. The Morgan fingerprint density at radius 1 is 1.22 bits per heavy atom. The maximum Gasteiger partial charge on any atom is 0.176 e. The van der Waals surface area contributed by atoms with E-state index in [2.05, 4.69) is 20.2 Å². The standard InChI is InChI=1S/C20H26N4O3/c1-24(11-7-15-4-2-3-8-22-15)18-19(25)17(16-13-26-20(18)27-16)23-12-14-5-9-21-10-6-14/h2-6,8-10,16-20,23,25H,7,11-13H2,1H3. The van der Waals surface area contributed by atoms with E-state index in [-0.39, 0.29) is 18.2 Å². The average Bonchev–Trinajstić information content (AvgIpc) is 3.13. The quantitative estimate of drug-likeness (QED) is 0.739. The number of likely N-dealkylation sites (N-methyl/N-ethyl adjacent to an activating group) is 1. The van der Waals surface area contributed by atoms with Crippen molar-refractivity contribution in [2.45, 2.75) is 43.5 Å². The van der Waals surface area contributed by atoms with Crippen LogP contribution in [0.15, 0.2) is 48.9 Å². The molecule has 5 atom stereocenters. The van der Waals surface area contributed by atoms with Crippen LogP contribution in [0.4, 0.5) is 0 Å². The Hall–Kier alpha value is -1.90. The molecule has 0 spiro atoms. The van der Waals surface area contributed by atoms with E-state index < -0.39 is 12.4 Å². The van der Waals surface area contributed by atoms with Crippen LogP contribution in [0.5, 0.6) is 0 Å². The van der Waals surface area contributed by atoms with Crippen LogP contribution >= 0.6 is 0 Å². The molecule has 2 N–H and O–H groups in total. The third kappa shape index (κ3) is 4.17. The lowest BCUT2D eigenvalue weighted by molar-refractivity contribution is -0.178. The molecule has 2 aromatic rings. The lowest BCUT2D eigenvalue weighted by Crippen LogP contribution is -2.63. The molecular formula is C20H26N4O3. The van der Waals surface area contributed by atoms with Gasteiger partial charge in [0.1, 0.15) is 6.10 Å². The Kier molecular flexibility index (Phi) is 5.75. The molecule has 2 aliphatic rings. The molecule has 0 aromatic carbocycles. The SMILES string of the molecule is CN(CCc1ccccn1)C1C2OCC(O2)C(NCc2ccncc2)C1O. The maximum absolute atomic E-state index is 11.1. The highest BCUT2D eigenvalue weighted by atomic mass is 16.7. The zero-order chi connectivity index (χ0) is 18.6. The van der Waals surface area contributed by atoms with Crippen molar-refractivity contribution < 1.29 is 14.6 Å². The average molecular weight is 370 g/mol. The lowest BCUT2D eigenvalue weighted by atomic mass is 9.94. The smallest absolute Gasteiger partial charge is 0.176 e. The molecule has 2 saturated heterocycles. The topological polar surface area (TPSA) is 79.7 Å². The van der Waals surface area contributed by atoms with Crippen LogP contribution in [0.1, 0.15) is 11.3 Å². The van der Waals surface area contributed by atoms with Gasteiger partial charge in [-0.3, -0.25) is 14.9 Å². The molecule has 5 unspecified atom stereocenters. The van der Waals surface area contributed by atoms with E-state index in [1.807, 2.05) is 37.4 Å². The second-order valence-electron chi connectivity index (χ2n) is 7.17. The second kappa shape index (κ2) is 8.41. The van der Waals surface area contributed by atoms with Gasteiger partial charge in [0.15, 0.2) is 6.29 Å². The Morgan fingerprint density at radius 2 is 2.07 bits per heavy atom. The molecule has 7 nitrogen and oxygen atoms in total. The van der Waals surface area contributed by atoms with Gasteiger partial charge < -0.3 is 19.9 Å². The number of aromatic nitrogens is 2.